The van der Waals surface area contributed by atoms with Crippen LogP contribution in [0.3, 0.4) is 0 Å². The number of hydrogen-bond acceptors (Lipinski definition) is 11. The van der Waals surface area contributed by atoms with Crippen molar-refractivity contribution < 1.29 is 26.8 Å². The normalized spacial score (nSPS) is 20.8. The van der Waals surface area contributed by atoms with Crippen molar-refractivity contribution in [2.75, 3.05) is 73.4 Å². The lowest BCUT2D eigenvalue weighted by Gasteiger charge is -2.39. The quantitative estimate of drug-likeness (QED) is 0.163. The van der Waals surface area contributed by atoms with Crippen LogP contribution in [0.1, 0.15) is 43.6 Å². The zero-order valence-electron chi connectivity index (χ0n) is 33.8. The highest BCUT2D eigenvalue weighted by molar-refractivity contribution is 7.90. The fourth-order valence-electron chi connectivity index (χ4n) is 8.78. The number of amides is 2. The van der Waals surface area contributed by atoms with E-state index in [4.69, 9.17) is 21.7 Å². The zero-order valence-corrected chi connectivity index (χ0v) is 35.4. The van der Waals surface area contributed by atoms with Crippen molar-refractivity contribution in [3.8, 4) is 28.2 Å². The number of rotatable bonds is 11. The molecule has 4 fully saturated rings. The monoisotopic (exact) mass is 885 g/mol. The third-order valence-corrected chi connectivity index (χ3v) is 13.9. The molecule has 0 radical (unpaired) electrons. The van der Waals surface area contributed by atoms with E-state index in [9.17, 15) is 22.4 Å². The number of benzene rings is 1. The Kier molecular flexibility index (Phi) is 11.9. The second-order valence-corrected chi connectivity index (χ2v) is 18.4. The number of alkyl halides is 1. The number of nitrogens with zero attached hydrogens (tertiary/aromatic N) is 9. The molecule has 62 heavy (non-hydrogen) atoms. The number of pyridine rings is 3. The number of hydrogen-bond donors (Lipinski definition) is 2. The second kappa shape index (κ2) is 17.7. The molecule has 1 aromatic carbocycles. The lowest BCUT2D eigenvalue weighted by atomic mass is 9.91. The van der Waals surface area contributed by atoms with Gasteiger partial charge >= 0.3 is 10.2 Å². The number of piperidine rings is 2. The summed E-state index contributed by atoms with van der Waals surface area (Å²) < 4.78 is 61.1. The molecule has 19 heteroatoms. The zero-order chi connectivity index (χ0) is 43.0. The van der Waals surface area contributed by atoms with Gasteiger partial charge in [0.05, 0.1) is 23.5 Å². The molecule has 324 valence electrons. The Labute approximate surface area is 363 Å². The van der Waals surface area contributed by atoms with E-state index >= 15 is 4.39 Å². The van der Waals surface area contributed by atoms with Crippen molar-refractivity contribution >= 4 is 50.8 Å². The third kappa shape index (κ3) is 9.00. The minimum atomic E-state index is -4.24. The molecule has 0 aliphatic carbocycles. The van der Waals surface area contributed by atoms with Gasteiger partial charge in [-0.3, -0.25) is 29.5 Å². The predicted octanol–water partition coefficient (Wildman–Crippen LogP) is 5.44. The Bertz CT molecular complexity index is 2530. The van der Waals surface area contributed by atoms with Gasteiger partial charge < -0.3 is 9.80 Å². The number of nitrogens with one attached hydrogen (secondary N) is 2. The molecule has 5 aromatic rings. The molecular formula is C43H46ClF2N11O4S. The Morgan fingerprint density at radius 1 is 0.839 bits per heavy atom. The van der Waals surface area contributed by atoms with Gasteiger partial charge in [0.2, 0.25) is 11.8 Å². The van der Waals surface area contributed by atoms with Crippen LogP contribution in [0.4, 0.5) is 26.0 Å². The standard InChI is InChI=1S/C43H46ClF2N11O4S/c44-31-21-35(41(46)37(22-31)52-62(60,61)56-16-11-32(45)26-56)36-27-57(51-42(36)29-7-12-47-13-8-29)39-5-2-33(24-49-39)54-19-17-53(18-20-54)25-28-9-14-55(15-10-28)38-4-1-30(23-48-38)34-3-6-40(58)50-43(34)59/h1-2,4-5,7-8,12-13,21-24,27-28,32,34,52H,3,6,9-11,14-20,25-26H2,(H,50,58,59)/t32-,34?/m1/s1. The third-order valence-electron chi connectivity index (χ3n) is 12.2. The van der Waals surface area contributed by atoms with Crippen LogP contribution in [0.2, 0.25) is 5.02 Å². The Morgan fingerprint density at radius 3 is 2.27 bits per heavy atom. The molecule has 0 bridgehead atoms. The molecule has 1 unspecified atom stereocenters. The van der Waals surface area contributed by atoms with E-state index in [0.29, 0.717) is 41.4 Å². The first-order valence-electron chi connectivity index (χ1n) is 20.9. The van der Waals surface area contributed by atoms with E-state index in [1.165, 1.54) is 12.1 Å². The smallest absolute Gasteiger partial charge is 0.301 e. The predicted molar refractivity (Wildman–Crippen MR) is 232 cm³/mol. The number of aromatic nitrogens is 5. The molecule has 4 aliphatic rings. The maximum Gasteiger partial charge on any atom is 0.301 e. The summed E-state index contributed by atoms with van der Waals surface area (Å²) in [5.41, 5.74) is 2.90. The Balaban J connectivity index is 0.825. The first-order chi connectivity index (χ1) is 30.0. The summed E-state index contributed by atoms with van der Waals surface area (Å²) in [6.45, 7) is 6.15. The number of anilines is 3. The molecule has 4 saturated heterocycles. The highest BCUT2D eigenvalue weighted by Crippen LogP contribution is 2.38. The highest BCUT2D eigenvalue weighted by atomic mass is 35.5. The topological polar surface area (TPSA) is 162 Å². The van der Waals surface area contributed by atoms with Crippen LogP contribution < -0.4 is 19.8 Å². The molecular weight excluding hydrogens is 840 g/mol. The molecule has 2 atom stereocenters. The number of carbonyl (C=O) groups excluding carboxylic acids is 2. The van der Waals surface area contributed by atoms with Gasteiger partial charge in [0, 0.05) is 112 Å². The maximum atomic E-state index is 16.3. The van der Waals surface area contributed by atoms with Gasteiger partial charge in [0.25, 0.3) is 0 Å². The van der Waals surface area contributed by atoms with Crippen LogP contribution in [-0.2, 0) is 19.8 Å². The van der Waals surface area contributed by atoms with Crippen molar-refractivity contribution in [3.05, 3.63) is 95.9 Å². The number of carbonyl (C=O) groups is 2. The summed E-state index contributed by atoms with van der Waals surface area (Å²) >= 11 is 6.46. The summed E-state index contributed by atoms with van der Waals surface area (Å²) in [5, 5.41) is 7.33. The first-order valence-corrected chi connectivity index (χ1v) is 22.7. The van der Waals surface area contributed by atoms with Gasteiger partial charge in [-0.2, -0.15) is 17.8 Å². The highest BCUT2D eigenvalue weighted by Gasteiger charge is 2.33. The van der Waals surface area contributed by atoms with Crippen LogP contribution >= 0.6 is 11.6 Å². The van der Waals surface area contributed by atoms with Crippen LogP contribution in [0.25, 0.3) is 28.2 Å². The van der Waals surface area contributed by atoms with Gasteiger partial charge in [0.1, 0.15) is 17.7 Å². The lowest BCUT2D eigenvalue weighted by molar-refractivity contribution is -0.134. The fraction of sp³-hybridized carbons (Fsp3) is 0.395. The number of halogens is 3. The van der Waals surface area contributed by atoms with Crippen molar-refractivity contribution in [3.63, 3.8) is 0 Å². The van der Waals surface area contributed by atoms with Gasteiger partial charge in [-0.15, -0.1) is 0 Å². The van der Waals surface area contributed by atoms with Crippen molar-refractivity contribution in [2.45, 2.75) is 44.2 Å². The molecule has 8 heterocycles. The number of piperazine rings is 1. The minimum Gasteiger partial charge on any atom is -0.368 e. The van der Waals surface area contributed by atoms with Crippen LogP contribution in [-0.4, -0.2) is 119 Å². The van der Waals surface area contributed by atoms with Crippen molar-refractivity contribution in [1.82, 2.24) is 39.3 Å². The van der Waals surface area contributed by atoms with Gasteiger partial charge in [-0.25, -0.2) is 23.4 Å². The molecule has 4 aromatic heterocycles. The van der Waals surface area contributed by atoms with Crippen LogP contribution in [0.15, 0.2) is 79.5 Å². The molecule has 2 N–H and O–H groups in total. The van der Waals surface area contributed by atoms with Gasteiger partial charge in [-0.1, -0.05) is 17.7 Å². The summed E-state index contributed by atoms with van der Waals surface area (Å²) in [7, 11) is -4.24. The van der Waals surface area contributed by atoms with E-state index in [2.05, 4.69) is 34.7 Å². The summed E-state index contributed by atoms with van der Waals surface area (Å²) in [5.74, 6) is 0.351. The maximum absolute atomic E-state index is 16.3. The summed E-state index contributed by atoms with van der Waals surface area (Å²) in [4.78, 5) is 44.5. The Hall–Kier alpha value is -5.56. The van der Waals surface area contributed by atoms with Crippen LogP contribution in [0.5, 0.6) is 0 Å². The van der Waals surface area contributed by atoms with E-state index in [0.717, 1.165) is 80.0 Å². The largest absolute Gasteiger partial charge is 0.368 e. The minimum absolute atomic E-state index is 0.0120. The van der Waals surface area contributed by atoms with E-state index < -0.39 is 22.2 Å². The molecule has 15 nitrogen and oxygen atoms in total. The average Bonchev–Trinajstić information content (AvgIpc) is 3.94. The van der Waals surface area contributed by atoms with Gasteiger partial charge in [0.15, 0.2) is 11.6 Å². The van der Waals surface area contributed by atoms with Crippen molar-refractivity contribution in [1.29, 1.82) is 0 Å². The van der Waals surface area contributed by atoms with Gasteiger partial charge in [-0.05, 0) is 79.6 Å². The Morgan fingerprint density at radius 2 is 1.60 bits per heavy atom. The average molecular weight is 886 g/mol. The number of imide groups is 1. The fourth-order valence-corrected chi connectivity index (χ4v) is 10.3. The molecule has 0 saturated carbocycles. The molecule has 0 spiro atoms. The molecule has 9 rings (SSSR count). The second-order valence-electron chi connectivity index (χ2n) is 16.3. The van der Waals surface area contributed by atoms with E-state index in [1.54, 1.807) is 41.6 Å². The van der Waals surface area contributed by atoms with Crippen LogP contribution in [0, 0.1) is 11.7 Å². The van der Waals surface area contributed by atoms with Crippen molar-refractivity contribution in [2.24, 2.45) is 5.92 Å². The van der Waals surface area contributed by atoms with E-state index in [-0.39, 0.29) is 53.5 Å². The summed E-state index contributed by atoms with van der Waals surface area (Å²) in [6, 6.07) is 13.9. The first kappa shape index (κ1) is 41.8. The molecule has 4 aliphatic heterocycles. The lowest BCUT2D eigenvalue weighted by Crippen LogP contribution is -2.49. The SMILES string of the molecule is O=C1CCC(c2ccc(N3CCC(CN4CCN(c5ccc(-n6cc(-c7cc(Cl)cc(NS(=O)(=O)N8CC[C@@H](F)C8)c7F)c(-c7ccncc7)n6)nc5)CC4)CC3)nc2)C(=O)N1. The molecule has 2 amide bonds. The summed E-state index contributed by atoms with van der Waals surface area (Å²) in [6.07, 6.45) is 10.2. The van der Waals surface area contributed by atoms with E-state index in [1.807, 2.05) is 30.5 Å².